The lowest BCUT2D eigenvalue weighted by atomic mass is 9.93. The third kappa shape index (κ3) is 7.85. The Morgan fingerprint density at radius 2 is 1.74 bits per heavy atom. The Hall–Kier alpha value is -4.45. The van der Waals surface area contributed by atoms with Crippen molar-refractivity contribution >= 4 is 17.5 Å². The van der Waals surface area contributed by atoms with Gasteiger partial charge in [-0.2, -0.15) is 0 Å². The fourth-order valence-corrected chi connectivity index (χ4v) is 5.82. The van der Waals surface area contributed by atoms with Gasteiger partial charge in [-0.1, -0.05) is 13.8 Å². The Labute approximate surface area is 265 Å². The van der Waals surface area contributed by atoms with E-state index in [9.17, 15) is 32.7 Å². The summed E-state index contributed by atoms with van der Waals surface area (Å²) in [5, 5.41) is 12.7. The molecule has 3 heterocycles. The smallest absolute Gasteiger partial charge is 0.305 e. The van der Waals surface area contributed by atoms with E-state index in [1.165, 1.54) is 24.4 Å². The number of hydrogen-bond acceptors (Lipinski definition) is 5. The molecule has 1 aromatic carbocycles. The summed E-state index contributed by atoms with van der Waals surface area (Å²) in [6.45, 7) is 7.76. The second-order valence-corrected chi connectivity index (χ2v) is 12.4. The quantitative estimate of drug-likeness (QED) is 0.189. The minimum atomic E-state index is -3.04. The van der Waals surface area contributed by atoms with Gasteiger partial charge >= 0.3 is 5.97 Å². The highest BCUT2D eigenvalue weighted by molar-refractivity contribution is 5.84. The highest BCUT2D eigenvalue weighted by Gasteiger charge is 2.30. The number of aromatic nitrogens is 3. The molecule has 0 fully saturated rings. The fraction of sp³-hybridized carbons (Fsp3) is 0.412. The van der Waals surface area contributed by atoms with Gasteiger partial charge in [-0.05, 0) is 98.8 Å². The normalized spacial score (nSPS) is 13.1. The third-order valence-corrected chi connectivity index (χ3v) is 7.92. The summed E-state index contributed by atoms with van der Waals surface area (Å²) in [5.74, 6) is -2.36. The number of nitrogens with zero attached hydrogens (tertiary/aromatic N) is 4. The van der Waals surface area contributed by atoms with E-state index in [0.29, 0.717) is 46.4 Å². The second kappa shape index (κ2) is 14.3. The second-order valence-electron chi connectivity index (χ2n) is 12.4. The highest BCUT2D eigenvalue weighted by atomic mass is 19.3. The molecule has 12 heteroatoms. The van der Waals surface area contributed by atoms with E-state index in [1.807, 2.05) is 32.8 Å². The average molecular weight is 640 g/mol. The van der Waals surface area contributed by atoms with Gasteiger partial charge in [0.25, 0.3) is 12.0 Å². The van der Waals surface area contributed by atoms with Gasteiger partial charge < -0.3 is 24.3 Å². The number of pyridine rings is 2. The van der Waals surface area contributed by atoms with Crippen LogP contribution in [-0.2, 0) is 16.0 Å². The standard InChI is InChI=1S/C34H40F3N5O4/c1-19(2)11-28(42-17-22(7-9-40(5)6)14-26(31(36)37)34(42)46)33(45)39-27(16-29(43)44)23-15-25(32-38-8-10-41(32)18-23)30-20(3)12-24(35)13-21(30)4/h8,10,12-15,17-19,27-28,31H,7,9,11,16H2,1-6H3,(H,39,45)(H,43,44). The van der Waals surface area contributed by atoms with Crippen LogP contribution in [0.2, 0.25) is 0 Å². The van der Waals surface area contributed by atoms with E-state index in [0.717, 1.165) is 10.1 Å². The maximum Gasteiger partial charge on any atom is 0.305 e. The van der Waals surface area contributed by atoms with E-state index in [-0.39, 0.29) is 12.3 Å². The molecule has 4 aromatic rings. The molecule has 0 radical (unpaired) electrons. The zero-order valence-electron chi connectivity index (χ0n) is 26.9. The van der Waals surface area contributed by atoms with E-state index in [1.54, 1.807) is 42.9 Å². The lowest BCUT2D eigenvalue weighted by molar-refractivity contribution is -0.138. The number of fused-ring (bicyclic) bond motifs is 1. The first-order valence-electron chi connectivity index (χ1n) is 15.1. The molecule has 0 aliphatic carbocycles. The van der Waals surface area contributed by atoms with Gasteiger partial charge in [-0.3, -0.25) is 14.4 Å². The molecule has 246 valence electrons. The Morgan fingerprint density at radius 3 is 2.33 bits per heavy atom. The number of benzene rings is 1. The van der Waals surface area contributed by atoms with Crippen molar-refractivity contribution in [2.75, 3.05) is 20.6 Å². The van der Waals surface area contributed by atoms with Crippen LogP contribution in [0.1, 0.15) is 73.0 Å². The van der Waals surface area contributed by atoms with Crippen molar-refractivity contribution < 1.29 is 27.9 Å². The van der Waals surface area contributed by atoms with Crippen molar-refractivity contribution in [3.63, 3.8) is 0 Å². The lowest BCUT2D eigenvalue weighted by Gasteiger charge is -2.26. The van der Waals surface area contributed by atoms with Crippen LogP contribution < -0.4 is 10.9 Å². The molecule has 1 amide bonds. The molecule has 2 unspecified atom stereocenters. The van der Waals surface area contributed by atoms with Crippen LogP contribution in [0.3, 0.4) is 0 Å². The van der Waals surface area contributed by atoms with Gasteiger partial charge in [0.2, 0.25) is 5.91 Å². The summed E-state index contributed by atoms with van der Waals surface area (Å²) in [6.07, 6.45) is 3.35. The topological polar surface area (TPSA) is 109 Å². The van der Waals surface area contributed by atoms with Crippen LogP contribution in [-0.4, -0.2) is 56.5 Å². The number of carbonyl (C=O) groups excluding carboxylic acids is 1. The number of hydrogen-bond donors (Lipinski definition) is 2. The number of carboxylic acids is 1. The monoisotopic (exact) mass is 639 g/mol. The number of rotatable bonds is 13. The van der Waals surface area contributed by atoms with Gasteiger partial charge in [0.1, 0.15) is 17.5 Å². The number of alkyl halides is 2. The van der Waals surface area contributed by atoms with E-state index >= 15 is 0 Å². The lowest BCUT2D eigenvalue weighted by Crippen LogP contribution is -2.41. The number of nitrogens with one attached hydrogen (secondary N) is 1. The van der Waals surface area contributed by atoms with Gasteiger partial charge in [-0.15, -0.1) is 0 Å². The van der Waals surface area contributed by atoms with Crippen LogP contribution in [0, 0.1) is 25.6 Å². The molecule has 0 spiro atoms. The van der Waals surface area contributed by atoms with Gasteiger partial charge in [0.15, 0.2) is 0 Å². The predicted molar refractivity (Wildman–Crippen MR) is 170 cm³/mol. The number of amides is 1. The first-order chi connectivity index (χ1) is 21.7. The Bertz CT molecular complexity index is 1770. The molecule has 4 rings (SSSR count). The van der Waals surface area contributed by atoms with Crippen molar-refractivity contribution in [1.82, 2.24) is 24.2 Å². The Kier molecular flexibility index (Phi) is 10.7. The molecule has 0 saturated heterocycles. The van der Waals surface area contributed by atoms with Crippen molar-refractivity contribution in [3.05, 3.63) is 93.0 Å². The van der Waals surface area contributed by atoms with E-state index in [2.05, 4.69) is 10.3 Å². The zero-order chi connectivity index (χ0) is 33.9. The van der Waals surface area contributed by atoms with Crippen molar-refractivity contribution in [2.45, 2.75) is 65.5 Å². The highest BCUT2D eigenvalue weighted by Crippen LogP contribution is 2.34. The van der Waals surface area contributed by atoms with Crippen LogP contribution in [0.25, 0.3) is 16.8 Å². The first-order valence-corrected chi connectivity index (χ1v) is 15.1. The molecule has 9 nitrogen and oxygen atoms in total. The molecule has 2 atom stereocenters. The molecule has 0 saturated carbocycles. The molecule has 3 aromatic heterocycles. The average Bonchev–Trinajstić information content (AvgIpc) is 3.43. The number of aryl methyl sites for hydroxylation is 2. The predicted octanol–water partition coefficient (Wildman–Crippen LogP) is 5.88. The molecular weight excluding hydrogens is 599 g/mol. The number of imidazole rings is 1. The van der Waals surface area contributed by atoms with Gasteiger partial charge in [-0.25, -0.2) is 18.2 Å². The Balaban J connectivity index is 1.82. The molecule has 0 aliphatic heterocycles. The molecule has 0 bridgehead atoms. The van der Waals surface area contributed by atoms with Crippen molar-refractivity contribution in [3.8, 4) is 11.1 Å². The molecular formula is C34H40F3N5O4. The van der Waals surface area contributed by atoms with Crippen LogP contribution in [0.5, 0.6) is 0 Å². The minimum Gasteiger partial charge on any atom is -0.481 e. The maximum atomic E-state index is 14.2. The van der Waals surface area contributed by atoms with Crippen LogP contribution >= 0.6 is 0 Å². The van der Waals surface area contributed by atoms with Gasteiger partial charge in [0.05, 0.1) is 18.0 Å². The van der Waals surface area contributed by atoms with Crippen molar-refractivity contribution in [2.24, 2.45) is 5.92 Å². The molecule has 2 N–H and O–H groups in total. The maximum absolute atomic E-state index is 14.2. The van der Waals surface area contributed by atoms with Gasteiger partial charge in [0, 0.05) is 36.9 Å². The minimum absolute atomic E-state index is 0.112. The van der Waals surface area contributed by atoms with E-state index < -0.39 is 53.7 Å². The fourth-order valence-electron chi connectivity index (χ4n) is 5.82. The Morgan fingerprint density at radius 1 is 1.07 bits per heavy atom. The first kappa shape index (κ1) is 34.4. The largest absolute Gasteiger partial charge is 0.481 e. The molecule has 46 heavy (non-hydrogen) atoms. The number of carboxylic acid groups (broad SMARTS) is 1. The summed E-state index contributed by atoms with van der Waals surface area (Å²) in [6, 6.07) is 3.47. The van der Waals surface area contributed by atoms with Crippen molar-refractivity contribution in [1.29, 1.82) is 0 Å². The summed E-state index contributed by atoms with van der Waals surface area (Å²) < 4.78 is 45.0. The summed E-state index contributed by atoms with van der Waals surface area (Å²) in [5.41, 5.74) is 2.45. The number of aliphatic carboxylic acids is 1. The third-order valence-electron chi connectivity index (χ3n) is 7.92. The SMILES string of the molecule is Cc1cc(F)cc(C)c1-c1cc(C(CC(=O)O)NC(=O)C(CC(C)C)n2cc(CCN(C)C)cc(C(F)F)c2=O)cn2ccnc12. The van der Waals surface area contributed by atoms with Crippen LogP contribution in [0.15, 0.2) is 53.8 Å². The number of halogens is 3. The van der Waals surface area contributed by atoms with Crippen LogP contribution in [0.4, 0.5) is 13.2 Å². The number of likely N-dealkylation sites (N-methyl/N-ethyl adjacent to an activating group) is 1. The summed E-state index contributed by atoms with van der Waals surface area (Å²) in [4.78, 5) is 45.8. The zero-order valence-corrected chi connectivity index (χ0v) is 26.9. The summed E-state index contributed by atoms with van der Waals surface area (Å²) in [7, 11) is 3.68. The number of carbonyl (C=O) groups is 2. The van der Waals surface area contributed by atoms with E-state index in [4.69, 9.17) is 0 Å². The summed E-state index contributed by atoms with van der Waals surface area (Å²) >= 11 is 0. The molecule has 0 aliphatic rings.